The van der Waals surface area contributed by atoms with Crippen molar-refractivity contribution >= 4 is 28.9 Å². The molecule has 10 heteroatoms. The zero-order valence-electron chi connectivity index (χ0n) is 22.9. The minimum Gasteiger partial charge on any atom is -0.486 e. The van der Waals surface area contributed by atoms with E-state index in [1.165, 1.54) is 12.1 Å². The van der Waals surface area contributed by atoms with E-state index >= 15 is 0 Å². The average molecular weight is 558 g/mol. The van der Waals surface area contributed by atoms with E-state index in [9.17, 15) is 22.8 Å². The molecular weight excluding hydrogens is 523 g/mol. The summed E-state index contributed by atoms with van der Waals surface area (Å²) in [6.07, 6.45) is 0.107. The van der Waals surface area contributed by atoms with Crippen LogP contribution in [0, 0.1) is 0 Å². The second-order valence-electron chi connectivity index (χ2n) is 10.7. The second kappa shape index (κ2) is 10.8. The quantitative estimate of drug-likeness (QED) is 0.420. The van der Waals surface area contributed by atoms with Crippen molar-refractivity contribution in [2.75, 3.05) is 30.5 Å². The summed E-state index contributed by atoms with van der Waals surface area (Å²) in [6.45, 7) is 5.63. The highest BCUT2D eigenvalue weighted by atomic mass is 19.4. The number of benzene rings is 2. The molecule has 0 bridgehead atoms. The highest BCUT2D eigenvalue weighted by Crippen LogP contribution is 2.45. The highest BCUT2D eigenvalue weighted by Gasteiger charge is 2.39. The monoisotopic (exact) mass is 557 g/mol. The van der Waals surface area contributed by atoms with Gasteiger partial charge >= 0.3 is 12.2 Å². The summed E-state index contributed by atoms with van der Waals surface area (Å²) < 4.78 is 51.7. The molecule has 7 nitrogen and oxygen atoms in total. The molecule has 5 rings (SSSR count). The van der Waals surface area contributed by atoms with E-state index in [0.717, 1.165) is 36.2 Å². The summed E-state index contributed by atoms with van der Waals surface area (Å²) in [5.74, 6) is -0.274. The fraction of sp³-hybridized carbons (Fsp3) is 0.467. The van der Waals surface area contributed by atoms with Gasteiger partial charge in [-0.1, -0.05) is 26.0 Å². The zero-order chi connectivity index (χ0) is 28.7. The number of carbonyl (C=O) groups excluding carboxylic acids is 2. The Morgan fingerprint density at radius 3 is 2.52 bits per heavy atom. The SMILES string of the molecule is CCC1(CC)C/C(=C\C(=O)Nc2ccc3c(c2)N(C)C(=O)N(C2CCOCC2)C3)c2ccc(C(F)(F)F)cc2O1. The Bertz CT molecular complexity index is 1330. The van der Waals surface area contributed by atoms with Gasteiger partial charge in [0.25, 0.3) is 0 Å². The molecule has 0 radical (unpaired) electrons. The number of amides is 3. The van der Waals surface area contributed by atoms with Crippen molar-refractivity contribution < 1.29 is 32.2 Å². The molecule has 3 amide bonds. The highest BCUT2D eigenvalue weighted by molar-refractivity contribution is 6.05. The second-order valence-corrected chi connectivity index (χ2v) is 10.7. The van der Waals surface area contributed by atoms with Gasteiger partial charge in [0.15, 0.2) is 0 Å². The summed E-state index contributed by atoms with van der Waals surface area (Å²) in [7, 11) is 1.73. The maximum Gasteiger partial charge on any atom is 0.416 e. The molecule has 0 aliphatic carbocycles. The summed E-state index contributed by atoms with van der Waals surface area (Å²) >= 11 is 0. The van der Waals surface area contributed by atoms with Crippen molar-refractivity contribution in [1.82, 2.24) is 4.90 Å². The summed E-state index contributed by atoms with van der Waals surface area (Å²) in [5.41, 5.74) is 1.84. The van der Waals surface area contributed by atoms with Crippen molar-refractivity contribution in [3.8, 4) is 5.75 Å². The summed E-state index contributed by atoms with van der Waals surface area (Å²) in [4.78, 5) is 29.8. The fourth-order valence-electron chi connectivity index (χ4n) is 5.79. The number of nitrogens with zero attached hydrogens (tertiary/aromatic N) is 2. The molecule has 2 aromatic carbocycles. The molecule has 2 aromatic rings. The van der Waals surface area contributed by atoms with Gasteiger partial charge in [0.2, 0.25) is 5.91 Å². The van der Waals surface area contributed by atoms with Crippen LogP contribution in [0.5, 0.6) is 5.75 Å². The largest absolute Gasteiger partial charge is 0.486 e. The van der Waals surface area contributed by atoms with Crippen LogP contribution >= 0.6 is 0 Å². The van der Waals surface area contributed by atoms with Crippen molar-refractivity contribution in [2.24, 2.45) is 0 Å². The van der Waals surface area contributed by atoms with Crippen LogP contribution in [0.4, 0.5) is 29.3 Å². The van der Waals surface area contributed by atoms with E-state index in [4.69, 9.17) is 9.47 Å². The molecule has 0 spiro atoms. The van der Waals surface area contributed by atoms with Crippen LogP contribution in [0.1, 0.15) is 62.6 Å². The third kappa shape index (κ3) is 5.41. The van der Waals surface area contributed by atoms with Gasteiger partial charge in [0, 0.05) is 56.6 Å². The maximum atomic E-state index is 13.4. The average Bonchev–Trinajstić information content (AvgIpc) is 2.94. The molecule has 0 saturated carbocycles. The zero-order valence-corrected chi connectivity index (χ0v) is 22.9. The normalized spacial score (nSPS) is 20.1. The smallest absolute Gasteiger partial charge is 0.416 e. The predicted octanol–water partition coefficient (Wildman–Crippen LogP) is 6.62. The van der Waals surface area contributed by atoms with E-state index in [1.54, 1.807) is 24.1 Å². The van der Waals surface area contributed by atoms with Crippen LogP contribution in [-0.4, -0.2) is 48.7 Å². The lowest BCUT2D eigenvalue weighted by molar-refractivity contribution is -0.137. The fourth-order valence-corrected chi connectivity index (χ4v) is 5.79. The molecule has 0 unspecified atom stereocenters. The first-order chi connectivity index (χ1) is 19.0. The van der Waals surface area contributed by atoms with Gasteiger partial charge < -0.3 is 19.7 Å². The molecule has 0 atom stereocenters. The van der Waals surface area contributed by atoms with Gasteiger partial charge in [0.1, 0.15) is 11.4 Å². The number of ether oxygens (including phenoxy) is 2. The van der Waals surface area contributed by atoms with Crippen LogP contribution in [0.2, 0.25) is 0 Å². The first-order valence-electron chi connectivity index (χ1n) is 13.7. The Morgan fingerprint density at radius 2 is 1.85 bits per heavy atom. The first kappa shape index (κ1) is 28.0. The Balaban J connectivity index is 1.39. The van der Waals surface area contributed by atoms with Crippen molar-refractivity contribution in [1.29, 1.82) is 0 Å². The number of hydrogen-bond donors (Lipinski definition) is 1. The molecular formula is C30H34F3N3O4. The van der Waals surface area contributed by atoms with Crippen LogP contribution in [-0.2, 0) is 22.3 Å². The van der Waals surface area contributed by atoms with Crippen molar-refractivity contribution in [3.05, 3.63) is 59.2 Å². The van der Waals surface area contributed by atoms with Gasteiger partial charge in [-0.25, -0.2) is 4.79 Å². The number of alkyl halides is 3. The number of carbonyl (C=O) groups is 2. The lowest BCUT2D eigenvalue weighted by Gasteiger charge is -2.41. The molecule has 1 N–H and O–H groups in total. The number of fused-ring (bicyclic) bond motifs is 2. The molecule has 40 heavy (non-hydrogen) atoms. The number of rotatable bonds is 5. The molecule has 3 aliphatic heterocycles. The number of hydrogen-bond acceptors (Lipinski definition) is 4. The minimum atomic E-state index is -4.50. The number of nitrogens with one attached hydrogen (secondary N) is 1. The topological polar surface area (TPSA) is 71.1 Å². The Hall–Kier alpha value is -3.53. The lowest BCUT2D eigenvalue weighted by Crippen LogP contribution is -2.51. The van der Waals surface area contributed by atoms with Crippen LogP contribution in [0.15, 0.2) is 42.5 Å². The van der Waals surface area contributed by atoms with Crippen molar-refractivity contribution in [3.63, 3.8) is 0 Å². The Kier molecular flexibility index (Phi) is 7.56. The molecule has 3 heterocycles. The van der Waals surface area contributed by atoms with E-state index in [0.29, 0.717) is 55.8 Å². The maximum absolute atomic E-state index is 13.4. The van der Waals surface area contributed by atoms with Gasteiger partial charge in [-0.2, -0.15) is 13.2 Å². The molecule has 214 valence electrons. The number of urea groups is 1. The van der Waals surface area contributed by atoms with E-state index in [-0.39, 0.29) is 17.8 Å². The minimum absolute atomic E-state index is 0.0856. The Morgan fingerprint density at radius 1 is 1.12 bits per heavy atom. The third-order valence-corrected chi connectivity index (χ3v) is 8.31. The summed E-state index contributed by atoms with van der Waals surface area (Å²) in [5, 5.41) is 2.87. The molecule has 0 aromatic heterocycles. The predicted molar refractivity (Wildman–Crippen MR) is 146 cm³/mol. The number of anilines is 2. The van der Waals surface area contributed by atoms with Crippen LogP contribution in [0.3, 0.4) is 0 Å². The number of halogens is 3. The van der Waals surface area contributed by atoms with Gasteiger partial charge in [0.05, 0.1) is 11.3 Å². The van der Waals surface area contributed by atoms with Gasteiger partial charge in [-0.3, -0.25) is 9.69 Å². The van der Waals surface area contributed by atoms with E-state index < -0.39 is 23.2 Å². The standard InChI is InChI=1S/C30H34F3N3O4/c1-4-29(5-2)17-20(24-9-7-21(30(31,32)33)15-26(24)40-29)14-27(37)34-22-8-6-19-18-36(23-10-12-39-13-11-23)28(38)35(3)25(19)16-22/h6-9,14-16,23H,4-5,10-13,17-18H2,1-3H3,(H,34,37)/b20-14+. The first-order valence-corrected chi connectivity index (χ1v) is 13.7. The van der Waals surface area contributed by atoms with Crippen LogP contribution in [0.25, 0.3) is 5.57 Å². The van der Waals surface area contributed by atoms with Crippen LogP contribution < -0.4 is 15.0 Å². The van der Waals surface area contributed by atoms with Gasteiger partial charge in [-0.15, -0.1) is 0 Å². The lowest BCUT2D eigenvalue weighted by atomic mass is 9.83. The Labute approximate surface area is 231 Å². The third-order valence-electron chi connectivity index (χ3n) is 8.31. The van der Waals surface area contributed by atoms with Gasteiger partial charge in [-0.05, 0) is 61.1 Å². The van der Waals surface area contributed by atoms with E-state index in [1.807, 2.05) is 24.8 Å². The summed E-state index contributed by atoms with van der Waals surface area (Å²) in [6, 6.07) is 8.94. The molecule has 1 fully saturated rings. The van der Waals surface area contributed by atoms with E-state index in [2.05, 4.69) is 5.32 Å². The molecule has 3 aliphatic rings. The molecule has 1 saturated heterocycles. The van der Waals surface area contributed by atoms with Crippen molar-refractivity contribution in [2.45, 2.75) is 70.3 Å².